The van der Waals surface area contributed by atoms with E-state index in [1.807, 2.05) is 18.2 Å². The van der Waals surface area contributed by atoms with Crippen molar-refractivity contribution in [3.05, 3.63) is 94.5 Å². The van der Waals surface area contributed by atoms with Crippen molar-refractivity contribution in [2.24, 2.45) is 0 Å². The van der Waals surface area contributed by atoms with Gasteiger partial charge < -0.3 is 14.8 Å². The Morgan fingerprint density at radius 1 is 0.933 bits per heavy atom. The van der Waals surface area contributed by atoms with Crippen LogP contribution in [0.5, 0.6) is 11.5 Å². The maximum absolute atomic E-state index is 12.4. The summed E-state index contributed by atoms with van der Waals surface area (Å²) in [6.07, 6.45) is -1.17. The van der Waals surface area contributed by atoms with E-state index in [4.69, 9.17) is 9.47 Å². The van der Waals surface area contributed by atoms with Gasteiger partial charge in [-0.15, -0.1) is 0 Å². The number of carbonyl (C=O) groups is 2. The van der Waals surface area contributed by atoms with Crippen molar-refractivity contribution in [1.29, 1.82) is 0 Å². The first-order valence-electron chi connectivity index (χ1n) is 9.02. The Kier molecular flexibility index (Phi) is 6.39. The number of amides is 1. The van der Waals surface area contributed by atoms with Gasteiger partial charge in [0, 0.05) is 6.07 Å². The van der Waals surface area contributed by atoms with E-state index in [2.05, 4.69) is 5.32 Å². The lowest BCUT2D eigenvalue weighted by Crippen LogP contribution is -2.30. The minimum absolute atomic E-state index is 0.0219. The Hall–Kier alpha value is -4.20. The fourth-order valence-electron chi connectivity index (χ4n) is 2.57. The highest BCUT2D eigenvalue weighted by Crippen LogP contribution is 2.24. The number of nitrogens with one attached hydrogen (secondary N) is 1. The number of anilines is 1. The fraction of sp³-hybridized carbons (Fsp3) is 0.0909. The number of benzene rings is 3. The van der Waals surface area contributed by atoms with E-state index in [1.54, 1.807) is 30.3 Å². The number of rotatable bonds is 7. The van der Waals surface area contributed by atoms with Gasteiger partial charge in [-0.1, -0.05) is 36.4 Å². The van der Waals surface area contributed by atoms with Crippen molar-refractivity contribution in [3.63, 3.8) is 0 Å². The molecule has 0 aliphatic heterocycles. The molecular formula is C22H18N2O6. The Labute approximate surface area is 172 Å². The van der Waals surface area contributed by atoms with Gasteiger partial charge in [0.25, 0.3) is 11.6 Å². The minimum Gasteiger partial charge on any atom is -0.457 e. The predicted molar refractivity (Wildman–Crippen MR) is 110 cm³/mol. The molecule has 0 aliphatic rings. The smallest absolute Gasteiger partial charge is 0.339 e. The Bertz CT molecular complexity index is 1070. The van der Waals surface area contributed by atoms with Gasteiger partial charge in [0.1, 0.15) is 17.2 Å². The van der Waals surface area contributed by atoms with Crippen molar-refractivity contribution in [2.45, 2.75) is 13.0 Å². The Morgan fingerprint density at radius 3 is 2.33 bits per heavy atom. The van der Waals surface area contributed by atoms with Crippen LogP contribution in [0, 0.1) is 10.1 Å². The molecule has 8 heteroatoms. The van der Waals surface area contributed by atoms with Crippen LogP contribution >= 0.6 is 0 Å². The summed E-state index contributed by atoms with van der Waals surface area (Å²) in [5.74, 6) is -0.360. The number of nitro groups is 1. The third-order valence-corrected chi connectivity index (χ3v) is 4.06. The van der Waals surface area contributed by atoms with Gasteiger partial charge in [0.2, 0.25) is 0 Å². The van der Waals surface area contributed by atoms with Crippen molar-refractivity contribution in [2.75, 3.05) is 5.32 Å². The molecule has 0 saturated carbocycles. The van der Waals surface area contributed by atoms with E-state index in [0.29, 0.717) is 11.5 Å². The van der Waals surface area contributed by atoms with Crippen molar-refractivity contribution >= 4 is 23.3 Å². The number of ether oxygens (including phenoxy) is 2. The summed E-state index contributed by atoms with van der Waals surface area (Å²) in [5, 5.41) is 13.5. The number of carbonyl (C=O) groups excluding carboxylic acids is 2. The lowest BCUT2D eigenvalue weighted by Gasteiger charge is -2.14. The third kappa shape index (κ3) is 5.20. The maximum atomic E-state index is 12.4. The van der Waals surface area contributed by atoms with Crippen LogP contribution in [-0.2, 0) is 9.53 Å². The molecule has 8 nitrogen and oxygen atoms in total. The summed E-state index contributed by atoms with van der Waals surface area (Å²) >= 11 is 0. The monoisotopic (exact) mass is 406 g/mol. The van der Waals surface area contributed by atoms with Crippen LogP contribution in [0.2, 0.25) is 0 Å². The highest BCUT2D eigenvalue weighted by Gasteiger charge is 2.22. The Balaban J connectivity index is 1.65. The first-order chi connectivity index (χ1) is 14.4. The quantitative estimate of drug-likeness (QED) is 0.350. The molecule has 1 N–H and O–H groups in total. The first kappa shape index (κ1) is 20.5. The van der Waals surface area contributed by atoms with Gasteiger partial charge >= 0.3 is 5.97 Å². The van der Waals surface area contributed by atoms with Gasteiger partial charge in [0.15, 0.2) is 6.10 Å². The first-order valence-corrected chi connectivity index (χ1v) is 9.02. The van der Waals surface area contributed by atoms with Crippen molar-refractivity contribution in [3.8, 4) is 11.5 Å². The third-order valence-electron chi connectivity index (χ3n) is 4.06. The van der Waals surface area contributed by atoms with Crippen LogP contribution in [0.15, 0.2) is 78.9 Å². The molecule has 1 atom stereocenters. The molecule has 0 saturated heterocycles. The van der Waals surface area contributed by atoms with Gasteiger partial charge in [0.05, 0.1) is 10.5 Å². The lowest BCUT2D eigenvalue weighted by molar-refractivity contribution is -0.383. The molecule has 0 radical (unpaired) electrons. The van der Waals surface area contributed by atoms with E-state index >= 15 is 0 Å². The van der Waals surface area contributed by atoms with Crippen LogP contribution in [0.3, 0.4) is 0 Å². The maximum Gasteiger partial charge on any atom is 0.339 e. The molecule has 3 rings (SSSR count). The van der Waals surface area contributed by atoms with Gasteiger partial charge in [-0.25, -0.2) is 4.79 Å². The standard InChI is InChI=1S/C22H18N2O6/c1-15(21(25)23-19-12-5-6-13-20(19)24(27)28)29-22(26)16-8-7-11-18(14-16)30-17-9-3-2-4-10-17/h2-15H,1H3,(H,23,25)/t15-/m0/s1. The van der Waals surface area contributed by atoms with E-state index in [1.165, 1.54) is 37.3 Å². The second-order valence-electron chi connectivity index (χ2n) is 6.25. The molecule has 0 fully saturated rings. The highest BCUT2D eigenvalue weighted by molar-refractivity contribution is 5.98. The molecule has 1 amide bonds. The van der Waals surface area contributed by atoms with E-state index < -0.39 is 22.9 Å². The largest absolute Gasteiger partial charge is 0.457 e. The number of hydrogen-bond donors (Lipinski definition) is 1. The number of para-hydroxylation sites is 3. The zero-order valence-electron chi connectivity index (χ0n) is 16.0. The molecule has 0 aromatic heterocycles. The van der Waals surface area contributed by atoms with Crippen LogP contribution in [0.25, 0.3) is 0 Å². The van der Waals surface area contributed by atoms with E-state index in [-0.39, 0.29) is 16.9 Å². The van der Waals surface area contributed by atoms with Gasteiger partial charge in [-0.2, -0.15) is 0 Å². The number of nitrogens with zero attached hydrogens (tertiary/aromatic N) is 1. The van der Waals surface area contributed by atoms with E-state index in [9.17, 15) is 19.7 Å². The minimum atomic E-state index is -1.17. The normalized spacial score (nSPS) is 11.2. The molecule has 0 heterocycles. The second kappa shape index (κ2) is 9.33. The zero-order chi connectivity index (χ0) is 21.5. The van der Waals surface area contributed by atoms with Crippen molar-refractivity contribution < 1.29 is 24.0 Å². The molecule has 0 unspecified atom stereocenters. The molecular weight excluding hydrogens is 388 g/mol. The fourth-order valence-corrected chi connectivity index (χ4v) is 2.57. The van der Waals surface area contributed by atoms with Crippen LogP contribution in [-0.4, -0.2) is 22.9 Å². The zero-order valence-corrected chi connectivity index (χ0v) is 16.0. The number of nitro benzene ring substituents is 1. The number of hydrogen-bond acceptors (Lipinski definition) is 6. The van der Waals surface area contributed by atoms with Gasteiger partial charge in [-0.3, -0.25) is 14.9 Å². The highest BCUT2D eigenvalue weighted by atomic mass is 16.6. The molecule has 0 aliphatic carbocycles. The lowest BCUT2D eigenvalue weighted by atomic mass is 10.2. The van der Waals surface area contributed by atoms with Crippen molar-refractivity contribution in [1.82, 2.24) is 0 Å². The Morgan fingerprint density at radius 2 is 1.60 bits per heavy atom. The summed E-state index contributed by atoms with van der Waals surface area (Å²) in [6, 6.07) is 21.1. The van der Waals surface area contributed by atoms with Crippen LogP contribution < -0.4 is 10.1 Å². The summed E-state index contributed by atoms with van der Waals surface area (Å²) in [6.45, 7) is 1.38. The summed E-state index contributed by atoms with van der Waals surface area (Å²) < 4.78 is 10.9. The number of esters is 1. The average molecular weight is 406 g/mol. The van der Waals surface area contributed by atoms with Crippen LogP contribution in [0.1, 0.15) is 17.3 Å². The summed E-state index contributed by atoms with van der Waals surface area (Å²) in [7, 11) is 0. The second-order valence-corrected chi connectivity index (χ2v) is 6.25. The van der Waals surface area contributed by atoms with Crippen LogP contribution in [0.4, 0.5) is 11.4 Å². The molecule has 3 aromatic carbocycles. The molecule has 0 bridgehead atoms. The SMILES string of the molecule is C[C@H](OC(=O)c1cccc(Oc2ccccc2)c1)C(=O)Nc1ccccc1[N+](=O)[O-]. The topological polar surface area (TPSA) is 108 Å². The summed E-state index contributed by atoms with van der Waals surface area (Å²) in [5.41, 5.74) is -0.0300. The van der Waals surface area contributed by atoms with E-state index in [0.717, 1.165) is 0 Å². The molecule has 152 valence electrons. The van der Waals surface area contributed by atoms with Gasteiger partial charge in [-0.05, 0) is 43.3 Å². The molecule has 0 spiro atoms. The summed E-state index contributed by atoms with van der Waals surface area (Å²) in [4.78, 5) is 35.2. The molecule has 30 heavy (non-hydrogen) atoms. The predicted octanol–water partition coefficient (Wildman–Crippen LogP) is 4.57. The average Bonchev–Trinajstić information content (AvgIpc) is 2.74. The molecule has 3 aromatic rings.